The molecule has 3 N–H and O–H groups in total. The number of ether oxygens (including phenoxy) is 1. The van der Waals surface area contributed by atoms with Gasteiger partial charge in [0.2, 0.25) is 0 Å². The summed E-state index contributed by atoms with van der Waals surface area (Å²) in [6, 6.07) is -1.01. The zero-order chi connectivity index (χ0) is 11.4. The summed E-state index contributed by atoms with van der Waals surface area (Å²) >= 11 is 0. The van der Waals surface area contributed by atoms with Crippen molar-refractivity contribution in [1.82, 2.24) is 0 Å². The lowest BCUT2D eigenvalue weighted by atomic mass is 9.92. The zero-order valence-corrected chi connectivity index (χ0v) is 8.34. The minimum absolute atomic E-state index is 0.109. The Bertz CT molecular complexity index is 332. The van der Waals surface area contributed by atoms with Gasteiger partial charge in [-0.1, -0.05) is 6.08 Å². The first kappa shape index (κ1) is 11.5. The molecule has 0 spiro atoms. The molecule has 0 aromatic rings. The molecular formula is C10H13NO4. The summed E-state index contributed by atoms with van der Waals surface area (Å²) in [6.07, 6.45) is 4.71. The van der Waals surface area contributed by atoms with Crippen molar-refractivity contribution >= 4 is 11.8 Å². The molecule has 0 amide bonds. The van der Waals surface area contributed by atoms with Crippen molar-refractivity contribution < 1.29 is 19.4 Å². The predicted octanol–water partition coefficient (Wildman–Crippen LogP) is 0.0738. The van der Waals surface area contributed by atoms with Gasteiger partial charge in [0.05, 0.1) is 7.11 Å². The molecule has 5 heteroatoms. The van der Waals surface area contributed by atoms with Crippen LogP contribution in [0.3, 0.4) is 0 Å². The van der Waals surface area contributed by atoms with Gasteiger partial charge in [0, 0.05) is 12.0 Å². The molecule has 0 heterocycles. The summed E-state index contributed by atoms with van der Waals surface area (Å²) in [5.74, 6) is -1.26. The fourth-order valence-corrected chi connectivity index (χ4v) is 1.30. The van der Waals surface area contributed by atoms with Crippen LogP contribution in [0.15, 0.2) is 24.0 Å². The summed E-state index contributed by atoms with van der Waals surface area (Å²) in [5.41, 5.74) is 5.34. The van der Waals surface area contributed by atoms with Gasteiger partial charge in [-0.25, -0.2) is 0 Å². The minimum atomic E-state index is -1.10. The Morgan fingerprint density at radius 1 is 1.73 bits per heavy atom. The number of rotatable bonds is 4. The number of hydrogen-bond donors (Lipinski definition) is 2. The molecule has 0 aromatic heterocycles. The van der Waals surface area contributed by atoms with Gasteiger partial charge in [-0.05, 0) is 12.5 Å². The van der Waals surface area contributed by atoms with Gasteiger partial charge >= 0.3 is 5.97 Å². The van der Waals surface area contributed by atoms with E-state index in [2.05, 4.69) is 0 Å². The van der Waals surface area contributed by atoms with Crippen LogP contribution in [0.4, 0.5) is 0 Å². The van der Waals surface area contributed by atoms with E-state index in [0.717, 1.165) is 0 Å². The van der Waals surface area contributed by atoms with Gasteiger partial charge in [-0.15, -0.1) is 0 Å². The maximum Gasteiger partial charge on any atom is 0.320 e. The van der Waals surface area contributed by atoms with E-state index in [9.17, 15) is 9.59 Å². The van der Waals surface area contributed by atoms with Crippen molar-refractivity contribution in [2.24, 2.45) is 11.7 Å². The maximum absolute atomic E-state index is 11.5. The smallest absolute Gasteiger partial charge is 0.320 e. The maximum atomic E-state index is 11.5. The van der Waals surface area contributed by atoms with Crippen LogP contribution in [-0.2, 0) is 14.3 Å². The Hall–Kier alpha value is -1.62. The normalized spacial score (nSPS) is 22.1. The summed E-state index contributed by atoms with van der Waals surface area (Å²) in [6.45, 7) is 0. The van der Waals surface area contributed by atoms with Gasteiger partial charge < -0.3 is 15.6 Å². The molecule has 0 saturated heterocycles. The molecule has 1 aliphatic rings. The molecule has 0 radical (unpaired) electrons. The van der Waals surface area contributed by atoms with Crippen LogP contribution in [-0.4, -0.2) is 30.0 Å². The molecule has 82 valence electrons. The van der Waals surface area contributed by atoms with Crippen LogP contribution in [0.1, 0.15) is 6.42 Å². The van der Waals surface area contributed by atoms with Crippen LogP contribution in [0.2, 0.25) is 0 Å². The van der Waals surface area contributed by atoms with Crippen molar-refractivity contribution in [3.05, 3.63) is 24.0 Å². The van der Waals surface area contributed by atoms with Gasteiger partial charge in [0.1, 0.15) is 11.8 Å². The lowest BCUT2D eigenvalue weighted by molar-refractivity contribution is -0.138. The van der Waals surface area contributed by atoms with E-state index in [4.69, 9.17) is 15.6 Å². The Labute approximate surface area is 87.2 Å². The van der Waals surface area contributed by atoms with Crippen LogP contribution >= 0.6 is 0 Å². The number of allylic oxidation sites excluding steroid dienone is 3. The lowest BCUT2D eigenvalue weighted by Crippen LogP contribution is -2.34. The topological polar surface area (TPSA) is 89.6 Å². The van der Waals surface area contributed by atoms with Crippen molar-refractivity contribution in [3.63, 3.8) is 0 Å². The second-order valence-electron chi connectivity index (χ2n) is 3.30. The molecule has 5 nitrogen and oxygen atoms in total. The number of carbonyl (C=O) groups excluding carboxylic acids is 1. The van der Waals surface area contributed by atoms with E-state index in [1.807, 2.05) is 0 Å². The second kappa shape index (κ2) is 4.75. The van der Waals surface area contributed by atoms with Gasteiger partial charge in [0.25, 0.3) is 0 Å². The summed E-state index contributed by atoms with van der Waals surface area (Å²) in [4.78, 5) is 22.0. The molecule has 0 aromatic carbocycles. The largest absolute Gasteiger partial charge is 0.497 e. The molecule has 0 bridgehead atoms. The standard InChI is InChI=1S/C10H13NO4/c1-15-7-3-2-6(9(12)5-7)4-8(11)10(13)14/h2-3,5-6,8H,4,11H2,1H3,(H,13,14). The number of carbonyl (C=O) groups is 2. The van der Waals surface area contributed by atoms with Crippen LogP contribution < -0.4 is 5.73 Å². The van der Waals surface area contributed by atoms with Crippen molar-refractivity contribution in [2.45, 2.75) is 12.5 Å². The number of aliphatic carboxylic acids is 1. The van der Waals surface area contributed by atoms with Gasteiger partial charge in [0.15, 0.2) is 5.78 Å². The Balaban J connectivity index is 2.61. The zero-order valence-electron chi connectivity index (χ0n) is 8.34. The fourth-order valence-electron chi connectivity index (χ4n) is 1.30. The number of methoxy groups -OCH3 is 1. The Morgan fingerprint density at radius 2 is 2.40 bits per heavy atom. The second-order valence-corrected chi connectivity index (χ2v) is 3.30. The average Bonchev–Trinajstić information content (AvgIpc) is 2.20. The van der Waals surface area contributed by atoms with E-state index >= 15 is 0 Å². The van der Waals surface area contributed by atoms with Crippen molar-refractivity contribution in [1.29, 1.82) is 0 Å². The minimum Gasteiger partial charge on any atom is -0.497 e. The number of nitrogens with two attached hydrogens (primary N) is 1. The monoisotopic (exact) mass is 211 g/mol. The van der Waals surface area contributed by atoms with E-state index in [0.29, 0.717) is 5.76 Å². The number of carboxylic acids is 1. The molecular weight excluding hydrogens is 198 g/mol. The number of ketones is 1. The first-order valence-electron chi connectivity index (χ1n) is 4.50. The third-order valence-corrected chi connectivity index (χ3v) is 2.20. The van der Waals surface area contributed by atoms with E-state index < -0.39 is 17.9 Å². The first-order chi connectivity index (χ1) is 7.04. The van der Waals surface area contributed by atoms with Crippen molar-refractivity contribution in [2.75, 3.05) is 7.11 Å². The summed E-state index contributed by atoms with van der Waals surface area (Å²) in [5, 5.41) is 8.60. The first-order valence-corrected chi connectivity index (χ1v) is 4.50. The van der Waals surface area contributed by atoms with Gasteiger partial charge in [-0.2, -0.15) is 0 Å². The third kappa shape index (κ3) is 2.92. The Kier molecular flexibility index (Phi) is 3.62. The highest BCUT2D eigenvalue weighted by Gasteiger charge is 2.23. The number of hydrogen-bond acceptors (Lipinski definition) is 4. The van der Waals surface area contributed by atoms with E-state index in [1.54, 1.807) is 12.2 Å². The molecule has 15 heavy (non-hydrogen) atoms. The molecule has 1 rings (SSSR count). The van der Waals surface area contributed by atoms with Crippen LogP contribution in [0.25, 0.3) is 0 Å². The summed E-state index contributed by atoms with van der Waals surface area (Å²) < 4.78 is 4.87. The molecule has 1 aliphatic carbocycles. The molecule has 2 atom stereocenters. The SMILES string of the molecule is COC1=CC(=O)C(CC(N)C(=O)O)C=C1. The Morgan fingerprint density at radius 3 is 2.87 bits per heavy atom. The highest BCUT2D eigenvalue weighted by atomic mass is 16.5. The molecule has 2 unspecified atom stereocenters. The van der Waals surface area contributed by atoms with Crippen LogP contribution in [0, 0.1) is 5.92 Å². The highest BCUT2D eigenvalue weighted by Crippen LogP contribution is 2.17. The summed E-state index contributed by atoms with van der Waals surface area (Å²) in [7, 11) is 1.47. The van der Waals surface area contributed by atoms with E-state index in [-0.39, 0.29) is 12.2 Å². The highest BCUT2D eigenvalue weighted by molar-refractivity contribution is 5.95. The van der Waals surface area contributed by atoms with Crippen LogP contribution in [0.5, 0.6) is 0 Å². The lowest BCUT2D eigenvalue weighted by Gasteiger charge is -2.16. The fraction of sp³-hybridized carbons (Fsp3) is 0.400. The molecule has 0 fully saturated rings. The predicted molar refractivity (Wildman–Crippen MR) is 53.0 cm³/mol. The van der Waals surface area contributed by atoms with Gasteiger partial charge in [-0.3, -0.25) is 9.59 Å². The van der Waals surface area contributed by atoms with E-state index in [1.165, 1.54) is 13.2 Å². The number of carboxylic acid groups (broad SMARTS) is 1. The van der Waals surface area contributed by atoms with Crippen molar-refractivity contribution in [3.8, 4) is 0 Å². The third-order valence-electron chi connectivity index (χ3n) is 2.20. The molecule has 0 saturated carbocycles. The average molecular weight is 211 g/mol. The quantitative estimate of drug-likeness (QED) is 0.687. The molecule has 0 aliphatic heterocycles.